The van der Waals surface area contributed by atoms with Crippen molar-refractivity contribution >= 4 is 28.3 Å². The molecule has 68 valence electrons. The molecule has 0 aromatic heterocycles. The van der Waals surface area contributed by atoms with Crippen molar-refractivity contribution in [2.75, 3.05) is 0 Å². The Hall–Kier alpha value is -1.09. The standard InChI is InChI=1S/C10H9BrO2/c1-7(6-12)4-8-5-9(11)2-3-10(8)13/h2-6,13H,1H3/b7-4-. The summed E-state index contributed by atoms with van der Waals surface area (Å²) in [6.45, 7) is 1.69. The van der Waals surface area contributed by atoms with Crippen molar-refractivity contribution in [3.05, 3.63) is 33.8 Å². The van der Waals surface area contributed by atoms with E-state index in [0.29, 0.717) is 11.1 Å². The number of rotatable bonds is 2. The molecule has 1 aromatic carbocycles. The molecule has 0 aliphatic heterocycles. The molecule has 0 saturated heterocycles. The first-order valence-electron chi connectivity index (χ1n) is 3.75. The zero-order chi connectivity index (χ0) is 9.84. The van der Waals surface area contributed by atoms with Crippen LogP contribution in [0.1, 0.15) is 12.5 Å². The molecule has 0 heterocycles. The van der Waals surface area contributed by atoms with E-state index in [4.69, 9.17) is 0 Å². The van der Waals surface area contributed by atoms with Gasteiger partial charge in [-0.15, -0.1) is 0 Å². The van der Waals surface area contributed by atoms with Gasteiger partial charge in [0.25, 0.3) is 0 Å². The van der Waals surface area contributed by atoms with E-state index in [-0.39, 0.29) is 5.75 Å². The van der Waals surface area contributed by atoms with Gasteiger partial charge in [0, 0.05) is 10.0 Å². The van der Waals surface area contributed by atoms with Crippen LogP contribution in [-0.2, 0) is 4.79 Å². The highest BCUT2D eigenvalue weighted by Crippen LogP contribution is 2.23. The quantitative estimate of drug-likeness (QED) is 0.638. The number of aldehydes is 1. The summed E-state index contributed by atoms with van der Waals surface area (Å²) in [5, 5.41) is 9.40. The lowest BCUT2D eigenvalue weighted by molar-refractivity contribution is -0.104. The van der Waals surface area contributed by atoms with E-state index in [0.717, 1.165) is 10.8 Å². The van der Waals surface area contributed by atoms with Crippen LogP contribution in [0.4, 0.5) is 0 Å². The smallest absolute Gasteiger partial charge is 0.145 e. The minimum Gasteiger partial charge on any atom is -0.507 e. The highest BCUT2D eigenvalue weighted by atomic mass is 79.9. The van der Waals surface area contributed by atoms with Crippen LogP contribution in [0.15, 0.2) is 28.2 Å². The highest BCUT2D eigenvalue weighted by molar-refractivity contribution is 9.10. The van der Waals surface area contributed by atoms with Crippen LogP contribution in [0.3, 0.4) is 0 Å². The van der Waals surface area contributed by atoms with Gasteiger partial charge in [-0.2, -0.15) is 0 Å². The molecule has 0 saturated carbocycles. The van der Waals surface area contributed by atoms with Gasteiger partial charge in [0.15, 0.2) is 0 Å². The summed E-state index contributed by atoms with van der Waals surface area (Å²) in [5.74, 6) is 0.171. The van der Waals surface area contributed by atoms with Gasteiger partial charge in [-0.3, -0.25) is 4.79 Å². The molecule has 0 fully saturated rings. The third-order valence-corrected chi connectivity index (χ3v) is 2.05. The number of aromatic hydroxyl groups is 1. The van der Waals surface area contributed by atoms with Crippen LogP contribution in [0.5, 0.6) is 5.75 Å². The lowest BCUT2D eigenvalue weighted by Crippen LogP contribution is -1.79. The maximum absolute atomic E-state index is 10.3. The van der Waals surface area contributed by atoms with Crippen molar-refractivity contribution < 1.29 is 9.90 Å². The fraction of sp³-hybridized carbons (Fsp3) is 0.100. The Morgan fingerprint density at radius 1 is 1.54 bits per heavy atom. The molecule has 0 unspecified atom stereocenters. The van der Waals surface area contributed by atoms with Crippen molar-refractivity contribution in [1.82, 2.24) is 0 Å². The second-order valence-electron chi connectivity index (χ2n) is 2.71. The second-order valence-corrected chi connectivity index (χ2v) is 3.63. The summed E-state index contributed by atoms with van der Waals surface area (Å²) in [6, 6.07) is 5.07. The lowest BCUT2D eigenvalue weighted by Gasteiger charge is -1.99. The summed E-state index contributed by atoms with van der Waals surface area (Å²) in [4.78, 5) is 10.3. The van der Waals surface area contributed by atoms with Gasteiger partial charge >= 0.3 is 0 Å². The van der Waals surface area contributed by atoms with Crippen molar-refractivity contribution in [3.8, 4) is 5.75 Å². The van der Waals surface area contributed by atoms with E-state index in [1.54, 1.807) is 31.2 Å². The van der Waals surface area contributed by atoms with E-state index in [9.17, 15) is 9.90 Å². The van der Waals surface area contributed by atoms with Gasteiger partial charge < -0.3 is 5.11 Å². The van der Waals surface area contributed by atoms with E-state index < -0.39 is 0 Å². The monoisotopic (exact) mass is 240 g/mol. The van der Waals surface area contributed by atoms with Gasteiger partial charge in [0.05, 0.1) is 0 Å². The number of halogens is 1. The summed E-state index contributed by atoms with van der Waals surface area (Å²) < 4.78 is 0.871. The molecule has 0 bridgehead atoms. The molecule has 1 rings (SSSR count). The summed E-state index contributed by atoms with van der Waals surface area (Å²) in [7, 11) is 0. The maximum atomic E-state index is 10.3. The molecule has 0 aliphatic rings. The van der Waals surface area contributed by atoms with Crippen LogP contribution in [0, 0.1) is 0 Å². The summed E-state index contributed by atoms with van der Waals surface area (Å²) in [6.07, 6.45) is 2.38. The molecule has 1 N–H and O–H groups in total. The van der Waals surface area contributed by atoms with Crippen LogP contribution >= 0.6 is 15.9 Å². The first kappa shape index (κ1) is 9.99. The summed E-state index contributed by atoms with van der Waals surface area (Å²) >= 11 is 3.28. The molecule has 1 aromatic rings. The number of phenols is 1. The molecular weight excluding hydrogens is 232 g/mol. The zero-order valence-corrected chi connectivity index (χ0v) is 8.71. The summed E-state index contributed by atoms with van der Waals surface area (Å²) in [5.41, 5.74) is 1.22. The van der Waals surface area contributed by atoms with E-state index in [1.807, 2.05) is 0 Å². The number of carbonyl (C=O) groups excluding carboxylic acids is 1. The molecule has 0 atom stereocenters. The Balaban J connectivity index is 3.13. The number of allylic oxidation sites excluding steroid dienone is 1. The van der Waals surface area contributed by atoms with Crippen LogP contribution in [-0.4, -0.2) is 11.4 Å². The largest absolute Gasteiger partial charge is 0.507 e. The Bertz CT molecular complexity index is 356. The van der Waals surface area contributed by atoms with E-state index in [2.05, 4.69) is 15.9 Å². The molecular formula is C10H9BrO2. The van der Waals surface area contributed by atoms with Crippen molar-refractivity contribution in [1.29, 1.82) is 0 Å². The third-order valence-electron chi connectivity index (χ3n) is 1.56. The number of benzene rings is 1. The number of hydrogen-bond acceptors (Lipinski definition) is 2. The molecule has 0 spiro atoms. The third kappa shape index (κ3) is 2.70. The predicted molar refractivity (Wildman–Crippen MR) is 55.5 cm³/mol. The van der Waals surface area contributed by atoms with E-state index in [1.165, 1.54) is 0 Å². The molecule has 0 amide bonds. The van der Waals surface area contributed by atoms with Crippen LogP contribution in [0.2, 0.25) is 0 Å². The van der Waals surface area contributed by atoms with Crippen LogP contribution < -0.4 is 0 Å². The van der Waals surface area contributed by atoms with Gasteiger partial charge in [-0.25, -0.2) is 0 Å². The fourth-order valence-electron chi connectivity index (χ4n) is 0.920. The van der Waals surface area contributed by atoms with Gasteiger partial charge in [0.1, 0.15) is 12.0 Å². The van der Waals surface area contributed by atoms with Crippen molar-refractivity contribution in [2.24, 2.45) is 0 Å². The van der Waals surface area contributed by atoms with Crippen LogP contribution in [0.25, 0.3) is 6.08 Å². The highest BCUT2D eigenvalue weighted by Gasteiger charge is 1.98. The normalized spacial score (nSPS) is 11.4. The molecule has 0 radical (unpaired) electrons. The Labute approximate surface area is 85.0 Å². The van der Waals surface area contributed by atoms with Gasteiger partial charge in [-0.05, 0) is 36.8 Å². The predicted octanol–water partition coefficient (Wildman–Crippen LogP) is 2.76. The number of carbonyl (C=O) groups is 1. The lowest BCUT2D eigenvalue weighted by atomic mass is 10.1. The topological polar surface area (TPSA) is 37.3 Å². The maximum Gasteiger partial charge on any atom is 0.145 e. The minimum atomic E-state index is 0.171. The number of phenolic OH excluding ortho intramolecular Hbond substituents is 1. The van der Waals surface area contributed by atoms with Crippen molar-refractivity contribution in [2.45, 2.75) is 6.92 Å². The number of hydrogen-bond donors (Lipinski definition) is 1. The Kier molecular flexibility index (Phi) is 3.25. The minimum absolute atomic E-state index is 0.171. The van der Waals surface area contributed by atoms with Gasteiger partial charge in [-0.1, -0.05) is 15.9 Å². The van der Waals surface area contributed by atoms with E-state index >= 15 is 0 Å². The molecule has 3 heteroatoms. The van der Waals surface area contributed by atoms with Crippen molar-refractivity contribution in [3.63, 3.8) is 0 Å². The first-order valence-corrected chi connectivity index (χ1v) is 4.55. The SMILES string of the molecule is C/C(C=O)=C/c1cc(Br)ccc1O. The van der Waals surface area contributed by atoms with Gasteiger partial charge in [0.2, 0.25) is 0 Å². The first-order chi connectivity index (χ1) is 6.13. The molecule has 2 nitrogen and oxygen atoms in total. The Morgan fingerprint density at radius 3 is 2.85 bits per heavy atom. The zero-order valence-electron chi connectivity index (χ0n) is 7.12. The average Bonchev–Trinajstić information content (AvgIpc) is 2.11. The Morgan fingerprint density at radius 2 is 2.23 bits per heavy atom. The fourth-order valence-corrected chi connectivity index (χ4v) is 1.30. The molecule has 0 aliphatic carbocycles. The second kappa shape index (κ2) is 4.23. The average molecular weight is 241 g/mol. The molecule has 13 heavy (non-hydrogen) atoms.